The highest BCUT2D eigenvalue weighted by Gasteiger charge is 2.36. The Bertz CT molecular complexity index is 723. The highest BCUT2D eigenvalue weighted by atomic mass is 32.2. The van der Waals surface area contributed by atoms with Crippen LogP contribution in [0.25, 0.3) is 0 Å². The Morgan fingerprint density at radius 3 is 1.69 bits per heavy atom. The second-order valence-corrected chi connectivity index (χ2v) is 8.21. The Morgan fingerprint density at radius 1 is 0.846 bits per heavy atom. The Hall–Kier alpha value is -2.06. The number of thioether (sulfide) groups is 2. The summed E-state index contributed by atoms with van der Waals surface area (Å²) in [7, 11) is 0. The van der Waals surface area contributed by atoms with Gasteiger partial charge in [0.2, 0.25) is 11.8 Å². The van der Waals surface area contributed by atoms with Crippen LogP contribution >= 0.6 is 23.5 Å². The predicted molar refractivity (Wildman–Crippen MR) is 102 cm³/mol. The number of hydrogen-bond donors (Lipinski definition) is 0. The number of rotatable bonds is 5. The molecule has 2 fully saturated rings. The van der Waals surface area contributed by atoms with Crippen LogP contribution in [0.5, 0.6) is 0 Å². The van der Waals surface area contributed by atoms with Crippen LogP contribution in [0.1, 0.15) is 21.9 Å². The van der Waals surface area contributed by atoms with E-state index >= 15 is 0 Å². The molecule has 0 saturated carbocycles. The van der Waals surface area contributed by atoms with E-state index in [1.165, 1.54) is 0 Å². The first kappa shape index (κ1) is 17.4. The van der Waals surface area contributed by atoms with Crippen molar-refractivity contribution in [3.63, 3.8) is 0 Å². The van der Waals surface area contributed by atoms with E-state index in [0.29, 0.717) is 24.6 Å². The largest absolute Gasteiger partial charge is 0.324 e. The van der Waals surface area contributed by atoms with E-state index in [4.69, 9.17) is 0 Å². The molecule has 2 aromatic rings. The Kier molecular flexibility index (Phi) is 5.12. The highest BCUT2D eigenvalue weighted by Crippen LogP contribution is 2.40. The van der Waals surface area contributed by atoms with E-state index in [-0.39, 0.29) is 22.6 Å². The normalized spacial score (nSPS) is 23.1. The lowest BCUT2D eigenvalue weighted by Gasteiger charge is -2.29. The summed E-state index contributed by atoms with van der Waals surface area (Å²) in [5.41, 5.74) is 2.04. The van der Waals surface area contributed by atoms with E-state index in [0.717, 1.165) is 11.1 Å². The quantitative estimate of drug-likeness (QED) is 0.786. The molecule has 0 radical (unpaired) electrons. The number of pyridine rings is 2. The van der Waals surface area contributed by atoms with Gasteiger partial charge in [-0.2, -0.15) is 0 Å². The molecule has 0 bridgehead atoms. The molecule has 4 rings (SSSR count). The molecule has 4 heterocycles. The zero-order valence-corrected chi connectivity index (χ0v) is 15.7. The first-order valence-corrected chi connectivity index (χ1v) is 10.5. The fourth-order valence-corrected chi connectivity index (χ4v) is 5.61. The molecular formula is C18H18N4O2S2. The first-order chi connectivity index (χ1) is 12.7. The van der Waals surface area contributed by atoms with Gasteiger partial charge in [-0.1, -0.05) is 12.1 Å². The van der Waals surface area contributed by atoms with Crippen LogP contribution in [0, 0.1) is 0 Å². The lowest BCUT2D eigenvalue weighted by molar-refractivity contribution is -0.132. The summed E-state index contributed by atoms with van der Waals surface area (Å²) in [5, 5.41) is -0.0585. The SMILES string of the molecule is O=C1CSC(c2cccnc2)N1CCN1C(=O)CSC1c1cccnc1. The van der Waals surface area contributed by atoms with Gasteiger partial charge in [0.05, 0.1) is 11.5 Å². The van der Waals surface area contributed by atoms with Crippen LogP contribution in [0.15, 0.2) is 49.1 Å². The van der Waals surface area contributed by atoms with Gasteiger partial charge in [0.1, 0.15) is 10.7 Å². The minimum atomic E-state index is -0.0293. The maximum absolute atomic E-state index is 12.4. The Balaban J connectivity index is 1.48. The highest BCUT2D eigenvalue weighted by molar-refractivity contribution is 8.00. The standard InChI is InChI=1S/C18H18N4O2S2/c23-15-11-25-17(13-3-1-5-19-9-13)21(15)7-8-22-16(24)12-26-18(22)14-4-2-6-20-10-14/h1-6,9-10,17-18H,7-8,11-12H2. The van der Waals surface area contributed by atoms with Crippen molar-refractivity contribution in [2.75, 3.05) is 24.6 Å². The van der Waals surface area contributed by atoms with Gasteiger partial charge in [0.25, 0.3) is 0 Å². The minimum Gasteiger partial charge on any atom is -0.324 e. The molecule has 2 unspecified atom stereocenters. The Labute approximate surface area is 160 Å². The summed E-state index contributed by atoms with van der Waals surface area (Å²) in [6.07, 6.45) is 7.07. The van der Waals surface area contributed by atoms with Crippen LogP contribution in [-0.4, -0.2) is 56.2 Å². The molecule has 0 N–H and O–H groups in total. The predicted octanol–water partition coefficient (Wildman–Crippen LogP) is 2.32. The third-order valence-corrected chi connectivity index (χ3v) is 6.97. The lowest BCUT2D eigenvalue weighted by atomic mass is 10.2. The van der Waals surface area contributed by atoms with Crippen molar-refractivity contribution in [3.8, 4) is 0 Å². The monoisotopic (exact) mass is 386 g/mol. The third-order valence-electron chi connectivity index (χ3n) is 4.46. The maximum Gasteiger partial charge on any atom is 0.233 e. The number of nitrogens with zero attached hydrogens (tertiary/aromatic N) is 4. The van der Waals surface area contributed by atoms with Crippen LogP contribution in [0.2, 0.25) is 0 Å². The van der Waals surface area contributed by atoms with Crippen molar-refractivity contribution in [1.29, 1.82) is 0 Å². The van der Waals surface area contributed by atoms with Gasteiger partial charge in [0, 0.05) is 49.0 Å². The fraction of sp³-hybridized carbons (Fsp3) is 0.333. The average Bonchev–Trinajstić information content (AvgIpc) is 3.24. The van der Waals surface area contributed by atoms with Crippen molar-refractivity contribution in [2.24, 2.45) is 0 Å². The van der Waals surface area contributed by atoms with E-state index < -0.39 is 0 Å². The second kappa shape index (κ2) is 7.67. The molecule has 0 aliphatic carbocycles. The van der Waals surface area contributed by atoms with Crippen molar-refractivity contribution in [1.82, 2.24) is 19.8 Å². The van der Waals surface area contributed by atoms with E-state index in [1.54, 1.807) is 48.3 Å². The molecule has 26 heavy (non-hydrogen) atoms. The van der Waals surface area contributed by atoms with Gasteiger partial charge in [-0.3, -0.25) is 19.6 Å². The molecule has 2 saturated heterocycles. The first-order valence-electron chi connectivity index (χ1n) is 8.36. The van der Waals surface area contributed by atoms with Crippen LogP contribution in [0.3, 0.4) is 0 Å². The summed E-state index contributed by atoms with van der Waals surface area (Å²) < 4.78 is 0. The number of carbonyl (C=O) groups excluding carboxylic acids is 2. The van der Waals surface area contributed by atoms with Gasteiger partial charge < -0.3 is 9.80 Å². The van der Waals surface area contributed by atoms with Crippen LogP contribution in [-0.2, 0) is 9.59 Å². The average molecular weight is 387 g/mol. The molecule has 134 valence electrons. The van der Waals surface area contributed by atoms with Crippen LogP contribution < -0.4 is 0 Å². The second-order valence-electron chi connectivity index (χ2n) is 6.07. The molecule has 0 spiro atoms. The van der Waals surface area contributed by atoms with E-state index in [2.05, 4.69) is 9.97 Å². The molecule has 2 aliphatic heterocycles. The topological polar surface area (TPSA) is 66.4 Å². The molecule has 2 aromatic heterocycles. The number of amides is 2. The number of hydrogen-bond acceptors (Lipinski definition) is 6. The molecule has 2 amide bonds. The molecular weight excluding hydrogens is 368 g/mol. The Morgan fingerprint density at radius 2 is 1.31 bits per heavy atom. The summed E-state index contributed by atoms with van der Waals surface area (Å²) in [5.74, 6) is 1.16. The summed E-state index contributed by atoms with van der Waals surface area (Å²) in [6.45, 7) is 1.04. The number of carbonyl (C=O) groups is 2. The van der Waals surface area contributed by atoms with Crippen molar-refractivity contribution in [3.05, 3.63) is 60.2 Å². The van der Waals surface area contributed by atoms with Gasteiger partial charge in [0.15, 0.2) is 0 Å². The number of aromatic nitrogens is 2. The van der Waals surface area contributed by atoms with Crippen molar-refractivity contribution in [2.45, 2.75) is 10.7 Å². The summed E-state index contributed by atoms with van der Waals surface area (Å²) >= 11 is 3.22. The summed E-state index contributed by atoms with van der Waals surface area (Å²) in [4.78, 5) is 36.8. The molecule has 6 nitrogen and oxygen atoms in total. The van der Waals surface area contributed by atoms with Gasteiger partial charge in [-0.25, -0.2) is 0 Å². The zero-order chi connectivity index (χ0) is 17.9. The van der Waals surface area contributed by atoms with E-state index in [9.17, 15) is 9.59 Å². The molecule has 2 atom stereocenters. The van der Waals surface area contributed by atoms with Gasteiger partial charge in [-0.05, 0) is 12.1 Å². The fourth-order valence-electron chi connectivity index (χ4n) is 3.20. The minimum absolute atomic E-state index is 0.0293. The van der Waals surface area contributed by atoms with E-state index in [1.807, 2.05) is 34.1 Å². The molecule has 0 aromatic carbocycles. The lowest BCUT2D eigenvalue weighted by Crippen LogP contribution is -2.39. The molecule has 2 aliphatic rings. The molecule has 8 heteroatoms. The van der Waals surface area contributed by atoms with Crippen molar-refractivity contribution < 1.29 is 9.59 Å². The maximum atomic E-state index is 12.4. The summed E-state index contributed by atoms with van der Waals surface area (Å²) in [6, 6.07) is 7.75. The smallest absolute Gasteiger partial charge is 0.233 e. The van der Waals surface area contributed by atoms with Gasteiger partial charge >= 0.3 is 0 Å². The van der Waals surface area contributed by atoms with Crippen LogP contribution in [0.4, 0.5) is 0 Å². The van der Waals surface area contributed by atoms with Crippen molar-refractivity contribution >= 4 is 35.3 Å². The third kappa shape index (κ3) is 3.43. The zero-order valence-electron chi connectivity index (χ0n) is 14.0. The van der Waals surface area contributed by atoms with Gasteiger partial charge in [-0.15, -0.1) is 23.5 Å².